The Balaban J connectivity index is 1.85. The molecule has 3 nitrogen and oxygen atoms in total. The number of halogens is 3. The summed E-state index contributed by atoms with van der Waals surface area (Å²) < 4.78 is 46.2. The molecular formula is C60H76F3NO2. The number of hydrogen-bond acceptors (Lipinski definition) is 3. The minimum Gasteiger partial charge on any atom is -0.507 e. The summed E-state index contributed by atoms with van der Waals surface area (Å²) in [5, 5.41) is 24.5. The first kappa shape index (κ1) is 51.9. The third kappa shape index (κ3) is 12.3. The summed E-state index contributed by atoms with van der Waals surface area (Å²) in [6.45, 7) is 33.3. The molecule has 2 unspecified atom stereocenters. The first-order valence-corrected chi connectivity index (χ1v) is 24.2. The van der Waals surface area contributed by atoms with E-state index in [2.05, 4.69) is 108 Å². The molecule has 0 aliphatic carbocycles. The number of nitrogens with zero attached hydrogens (tertiary/aromatic N) is 1. The van der Waals surface area contributed by atoms with Gasteiger partial charge in [-0.25, -0.2) is 4.98 Å². The highest BCUT2D eigenvalue weighted by molar-refractivity contribution is 5.90. The van der Waals surface area contributed by atoms with Gasteiger partial charge in [-0.3, -0.25) is 0 Å². The van der Waals surface area contributed by atoms with Gasteiger partial charge in [0.1, 0.15) is 11.5 Å². The molecule has 0 aliphatic heterocycles. The fraction of sp³-hybridized carbons (Fsp3) is 0.450. The molecule has 0 saturated heterocycles. The number of rotatable bonds is 18. The molecule has 5 aromatic rings. The lowest BCUT2D eigenvalue weighted by molar-refractivity contribution is -0.137. The number of aromatic hydroxyl groups is 2. The molecular weight excluding hydrogens is 824 g/mol. The van der Waals surface area contributed by atoms with Gasteiger partial charge in [0.05, 0.1) is 17.0 Å². The van der Waals surface area contributed by atoms with E-state index in [0.29, 0.717) is 58.1 Å². The fourth-order valence-corrected chi connectivity index (χ4v) is 8.92. The van der Waals surface area contributed by atoms with Crippen LogP contribution in [0.4, 0.5) is 13.2 Å². The Morgan fingerprint density at radius 2 is 0.909 bits per heavy atom. The Morgan fingerprint density at radius 3 is 1.21 bits per heavy atom. The van der Waals surface area contributed by atoms with Gasteiger partial charge in [-0.1, -0.05) is 144 Å². The molecule has 1 aromatic heterocycles. The zero-order valence-corrected chi connectivity index (χ0v) is 41.9. The molecule has 0 spiro atoms. The van der Waals surface area contributed by atoms with E-state index in [1.165, 1.54) is 0 Å². The highest BCUT2D eigenvalue weighted by atomic mass is 19.4. The second-order valence-electron chi connectivity index (χ2n) is 21.3. The maximum atomic E-state index is 15.4. The van der Waals surface area contributed by atoms with Crippen LogP contribution in [0.1, 0.15) is 172 Å². The maximum Gasteiger partial charge on any atom is 0.416 e. The molecule has 0 saturated carbocycles. The minimum absolute atomic E-state index is 0.0648. The summed E-state index contributed by atoms with van der Waals surface area (Å²) in [6, 6.07) is 22.2. The van der Waals surface area contributed by atoms with E-state index < -0.39 is 11.7 Å². The number of phenolic OH excluding ortho intramolecular Hbond substituents is 2. The van der Waals surface area contributed by atoms with Crippen LogP contribution in [0, 0.1) is 11.8 Å². The van der Waals surface area contributed by atoms with Crippen molar-refractivity contribution in [3.63, 3.8) is 0 Å². The number of pyridine rings is 1. The predicted octanol–water partition coefficient (Wildman–Crippen LogP) is 18.1. The lowest BCUT2D eigenvalue weighted by Crippen LogP contribution is -2.12. The van der Waals surface area contributed by atoms with E-state index in [9.17, 15) is 10.2 Å². The average molecular weight is 900 g/mol. The number of aryl methyl sites for hydroxylation is 2. The van der Waals surface area contributed by atoms with Crippen molar-refractivity contribution in [1.29, 1.82) is 0 Å². The Morgan fingerprint density at radius 1 is 0.530 bits per heavy atom. The van der Waals surface area contributed by atoms with E-state index in [-0.39, 0.29) is 45.6 Å². The van der Waals surface area contributed by atoms with Crippen LogP contribution in [0.2, 0.25) is 0 Å². The van der Waals surface area contributed by atoms with Crippen molar-refractivity contribution >= 4 is 0 Å². The Labute approximate surface area is 395 Å². The Kier molecular flexibility index (Phi) is 16.7. The van der Waals surface area contributed by atoms with E-state index >= 15 is 13.2 Å². The number of phenols is 2. The standard InChI is InChI=1S/C60H76F3NO2/c1-15-19-39(17-3)21-23-43-29-45(58(9,10)11)33-52(56(43)65)48-27-25-41(37(5)6)31-50(48)54-35-47(60(61,62)63)36-55(64-54)51-32-42(38(7)8)26-28-49(51)53-34-46(59(12,13)14)30-44(57(53)66)24-22-40(18-4)20-16-2/h15-16,25-40,65-66H,1-2,17-24H2,3-14H3. The first-order chi connectivity index (χ1) is 30.9. The minimum atomic E-state index is -4.70. The third-order valence-corrected chi connectivity index (χ3v) is 13.6. The SMILES string of the molecule is C=CCC(CC)CCc1cc(C(C)(C)C)cc(-c2ccc(C(C)C)cc2-c2cc(C(F)(F)F)cc(-c3cc(C(C)C)ccc3-c3cc(C(C)(C)C)cc(CCC(CC)CC=C)c3O)n2)c1O. The molecule has 5 rings (SSSR count). The number of alkyl halides is 3. The number of benzene rings is 4. The summed E-state index contributed by atoms with van der Waals surface area (Å²) >= 11 is 0. The normalized spacial score (nSPS) is 13.3. The van der Waals surface area contributed by atoms with Gasteiger partial charge < -0.3 is 10.2 Å². The molecule has 0 amide bonds. The van der Waals surface area contributed by atoms with Gasteiger partial charge in [0.25, 0.3) is 0 Å². The number of aromatic nitrogens is 1. The molecule has 354 valence electrons. The molecule has 0 radical (unpaired) electrons. The van der Waals surface area contributed by atoms with Crippen LogP contribution in [0.3, 0.4) is 0 Å². The van der Waals surface area contributed by atoms with Crippen molar-refractivity contribution in [2.24, 2.45) is 11.8 Å². The average Bonchev–Trinajstić information content (AvgIpc) is 3.25. The van der Waals surface area contributed by atoms with Crippen molar-refractivity contribution < 1.29 is 23.4 Å². The van der Waals surface area contributed by atoms with E-state index in [1.54, 1.807) is 0 Å². The monoisotopic (exact) mass is 900 g/mol. The van der Waals surface area contributed by atoms with Gasteiger partial charge >= 0.3 is 6.18 Å². The molecule has 0 fully saturated rings. The first-order valence-electron chi connectivity index (χ1n) is 24.2. The summed E-state index contributed by atoms with van der Waals surface area (Å²) in [5.41, 5.74) is 7.84. The molecule has 0 aliphatic rings. The molecule has 2 N–H and O–H groups in total. The largest absolute Gasteiger partial charge is 0.507 e. The summed E-state index contributed by atoms with van der Waals surface area (Å²) in [5.74, 6) is 1.22. The van der Waals surface area contributed by atoms with Crippen molar-refractivity contribution in [2.45, 2.75) is 163 Å². The summed E-state index contributed by atoms with van der Waals surface area (Å²) in [7, 11) is 0. The van der Waals surface area contributed by atoms with E-state index in [4.69, 9.17) is 4.98 Å². The van der Waals surface area contributed by atoms with Crippen molar-refractivity contribution in [3.8, 4) is 56.3 Å². The van der Waals surface area contributed by atoms with Gasteiger partial charge in [0, 0.05) is 22.3 Å². The Bertz CT molecular complexity index is 2330. The zero-order chi connectivity index (χ0) is 48.9. The molecule has 2 atom stereocenters. The van der Waals surface area contributed by atoms with Crippen LogP contribution in [0.15, 0.2) is 98.1 Å². The Hall–Kier alpha value is -5.10. The highest BCUT2D eigenvalue weighted by Crippen LogP contribution is 2.47. The zero-order valence-electron chi connectivity index (χ0n) is 41.9. The van der Waals surface area contributed by atoms with Gasteiger partial charge in [-0.05, 0) is 154 Å². The van der Waals surface area contributed by atoms with E-state index in [0.717, 1.165) is 84.0 Å². The number of allylic oxidation sites excluding steroid dienone is 2. The van der Waals surface area contributed by atoms with Crippen LogP contribution < -0.4 is 0 Å². The van der Waals surface area contributed by atoms with Crippen LogP contribution in [-0.2, 0) is 29.8 Å². The van der Waals surface area contributed by atoms with Crippen LogP contribution in [-0.4, -0.2) is 15.2 Å². The van der Waals surface area contributed by atoms with Crippen LogP contribution >= 0.6 is 0 Å². The van der Waals surface area contributed by atoms with Crippen LogP contribution in [0.5, 0.6) is 11.5 Å². The molecule has 6 heteroatoms. The van der Waals surface area contributed by atoms with Gasteiger partial charge in [0.2, 0.25) is 0 Å². The second-order valence-corrected chi connectivity index (χ2v) is 21.3. The lowest BCUT2D eigenvalue weighted by atomic mass is 9.81. The second kappa shape index (κ2) is 21.2. The van der Waals surface area contributed by atoms with Gasteiger partial charge in [-0.15, -0.1) is 13.2 Å². The highest BCUT2D eigenvalue weighted by Gasteiger charge is 2.33. The van der Waals surface area contributed by atoms with Crippen molar-refractivity contribution in [1.82, 2.24) is 4.98 Å². The van der Waals surface area contributed by atoms with Gasteiger partial charge in [0.15, 0.2) is 0 Å². The van der Waals surface area contributed by atoms with Gasteiger partial charge in [-0.2, -0.15) is 13.2 Å². The summed E-state index contributed by atoms with van der Waals surface area (Å²) in [4.78, 5) is 5.21. The number of hydrogen-bond donors (Lipinski definition) is 2. The molecule has 66 heavy (non-hydrogen) atoms. The smallest absolute Gasteiger partial charge is 0.416 e. The lowest BCUT2D eigenvalue weighted by Gasteiger charge is -2.25. The summed E-state index contributed by atoms with van der Waals surface area (Å²) in [6.07, 6.45) is 5.96. The molecule has 4 aromatic carbocycles. The van der Waals surface area contributed by atoms with Crippen molar-refractivity contribution in [3.05, 3.63) is 137 Å². The topological polar surface area (TPSA) is 53.4 Å². The molecule has 1 heterocycles. The fourth-order valence-electron chi connectivity index (χ4n) is 8.92. The van der Waals surface area contributed by atoms with E-state index in [1.807, 2.05) is 60.7 Å². The van der Waals surface area contributed by atoms with Crippen molar-refractivity contribution in [2.75, 3.05) is 0 Å². The predicted molar refractivity (Wildman–Crippen MR) is 274 cm³/mol. The quantitative estimate of drug-likeness (QED) is 0.0862. The molecule has 0 bridgehead atoms. The maximum absolute atomic E-state index is 15.4. The van der Waals surface area contributed by atoms with Crippen LogP contribution in [0.25, 0.3) is 44.8 Å². The third-order valence-electron chi connectivity index (χ3n) is 13.6.